The third-order valence-corrected chi connectivity index (χ3v) is 5.81. The van der Waals surface area contributed by atoms with Gasteiger partial charge >= 0.3 is 0 Å². The molecule has 0 aromatic heterocycles. The Hall–Kier alpha value is -1.58. The van der Waals surface area contributed by atoms with E-state index in [1.807, 2.05) is 0 Å². The summed E-state index contributed by atoms with van der Waals surface area (Å²) in [5.41, 5.74) is 2.81. The van der Waals surface area contributed by atoms with E-state index >= 15 is 0 Å². The van der Waals surface area contributed by atoms with Gasteiger partial charge in [-0.2, -0.15) is 0 Å². The van der Waals surface area contributed by atoms with E-state index in [0.717, 1.165) is 24.9 Å². The Morgan fingerprint density at radius 2 is 1.00 bits per heavy atom. The highest BCUT2D eigenvalue weighted by molar-refractivity contribution is 5.14. The van der Waals surface area contributed by atoms with Crippen LogP contribution in [-0.4, -0.2) is 12.1 Å². The SMILES string of the molecule is C=C[C@H]([NH2+]Cc1ccccc1)C1CC1.C=C[C@H]([NH2+]Cc1ccccc1)C1CC1.[Cl-].[Cl-]. The third-order valence-electron chi connectivity index (χ3n) is 5.81. The average Bonchev–Trinajstić information content (AvgIpc) is 3.65. The van der Waals surface area contributed by atoms with Crippen molar-refractivity contribution in [1.82, 2.24) is 0 Å². The molecular weight excluding hydrogens is 411 g/mol. The fraction of sp³-hybridized carbons (Fsp3) is 0.385. The number of rotatable bonds is 10. The van der Waals surface area contributed by atoms with Gasteiger partial charge in [-0.25, -0.2) is 0 Å². The highest BCUT2D eigenvalue weighted by Crippen LogP contribution is 2.31. The molecule has 4 rings (SSSR count). The van der Waals surface area contributed by atoms with Crippen LogP contribution in [0.15, 0.2) is 86.0 Å². The van der Waals surface area contributed by atoms with Crippen molar-refractivity contribution in [2.45, 2.75) is 50.9 Å². The van der Waals surface area contributed by atoms with Crippen LogP contribution in [0.1, 0.15) is 36.8 Å². The van der Waals surface area contributed by atoms with Gasteiger partial charge in [0, 0.05) is 23.0 Å². The maximum absolute atomic E-state index is 3.90. The fourth-order valence-electron chi connectivity index (χ4n) is 3.70. The average molecular weight is 447 g/mol. The minimum absolute atomic E-state index is 0. The second-order valence-electron chi connectivity index (χ2n) is 8.15. The summed E-state index contributed by atoms with van der Waals surface area (Å²) in [7, 11) is 0. The van der Waals surface area contributed by atoms with E-state index in [-0.39, 0.29) is 24.8 Å². The maximum Gasteiger partial charge on any atom is 0.107 e. The highest BCUT2D eigenvalue weighted by Gasteiger charge is 2.32. The number of hydrogen-bond acceptors (Lipinski definition) is 0. The minimum atomic E-state index is 0. The van der Waals surface area contributed by atoms with Gasteiger partial charge in [-0.1, -0.05) is 73.8 Å². The van der Waals surface area contributed by atoms with E-state index in [1.165, 1.54) is 36.8 Å². The molecule has 4 N–H and O–H groups in total. The molecule has 0 heterocycles. The van der Waals surface area contributed by atoms with E-state index < -0.39 is 0 Å². The molecule has 2 aromatic carbocycles. The largest absolute Gasteiger partial charge is 1.00 e. The lowest BCUT2D eigenvalue weighted by Gasteiger charge is -2.09. The molecule has 0 bridgehead atoms. The molecule has 30 heavy (non-hydrogen) atoms. The van der Waals surface area contributed by atoms with E-state index in [1.54, 1.807) is 0 Å². The lowest BCUT2D eigenvalue weighted by molar-refractivity contribution is -0.698. The van der Waals surface area contributed by atoms with Crippen LogP contribution in [0.2, 0.25) is 0 Å². The summed E-state index contributed by atoms with van der Waals surface area (Å²) in [6.45, 7) is 9.96. The second-order valence-corrected chi connectivity index (χ2v) is 8.15. The van der Waals surface area contributed by atoms with Crippen molar-refractivity contribution in [3.63, 3.8) is 0 Å². The second kappa shape index (κ2) is 14.4. The molecule has 0 radical (unpaired) electrons. The monoisotopic (exact) mass is 446 g/mol. The Kier molecular flexibility index (Phi) is 12.7. The molecular formula is C26H36Cl2N2. The van der Waals surface area contributed by atoms with E-state index in [0.29, 0.717) is 12.1 Å². The first-order valence-corrected chi connectivity index (χ1v) is 10.8. The fourth-order valence-corrected chi connectivity index (χ4v) is 3.70. The minimum Gasteiger partial charge on any atom is -1.00 e. The van der Waals surface area contributed by atoms with Gasteiger partial charge in [0.15, 0.2) is 0 Å². The van der Waals surface area contributed by atoms with Gasteiger partial charge in [-0.3, -0.25) is 0 Å². The molecule has 2 aliphatic carbocycles. The van der Waals surface area contributed by atoms with Crippen molar-refractivity contribution in [3.8, 4) is 0 Å². The number of quaternary nitrogens is 2. The van der Waals surface area contributed by atoms with Gasteiger partial charge in [-0.05, 0) is 37.8 Å². The van der Waals surface area contributed by atoms with E-state index in [9.17, 15) is 0 Å². The predicted octanol–water partition coefficient (Wildman–Crippen LogP) is -2.56. The van der Waals surface area contributed by atoms with Crippen LogP contribution in [0.5, 0.6) is 0 Å². The first-order chi connectivity index (χ1) is 13.8. The Bertz CT molecular complexity index is 649. The zero-order valence-corrected chi connectivity index (χ0v) is 19.3. The topological polar surface area (TPSA) is 33.2 Å². The zero-order chi connectivity index (χ0) is 19.6. The van der Waals surface area contributed by atoms with Gasteiger partial charge in [0.25, 0.3) is 0 Å². The Balaban J connectivity index is 0.000000281. The molecule has 2 saturated carbocycles. The molecule has 0 unspecified atom stereocenters. The van der Waals surface area contributed by atoms with Crippen LogP contribution >= 0.6 is 0 Å². The normalized spacial score (nSPS) is 16.5. The van der Waals surface area contributed by atoms with Crippen molar-refractivity contribution in [2.24, 2.45) is 11.8 Å². The summed E-state index contributed by atoms with van der Waals surface area (Å²) in [6, 6.07) is 22.5. The number of halogens is 2. The van der Waals surface area contributed by atoms with Crippen molar-refractivity contribution in [3.05, 3.63) is 97.1 Å². The Morgan fingerprint density at radius 1 is 0.667 bits per heavy atom. The van der Waals surface area contributed by atoms with Crippen molar-refractivity contribution in [1.29, 1.82) is 0 Å². The first kappa shape index (κ1) is 26.5. The molecule has 0 amide bonds. The molecule has 0 aliphatic heterocycles. The van der Waals surface area contributed by atoms with Crippen LogP contribution in [0.4, 0.5) is 0 Å². The van der Waals surface area contributed by atoms with Crippen molar-refractivity contribution in [2.75, 3.05) is 0 Å². The van der Waals surface area contributed by atoms with Crippen LogP contribution in [0, 0.1) is 11.8 Å². The highest BCUT2D eigenvalue weighted by atomic mass is 35.5. The summed E-state index contributed by atoms with van der Waals surface area (Å²) in [5.74, 6) is 1.80. The van der Waals surface area contributed by atoms with Crippen molar-refractivity contribution >= 4 is 0 Å². The maximum atomic E-state index is 3.90. The molecule has 4 heteroatoms. The molecule has 2 aliphatic rings. The Morgan fingerprint density at radius 3 is 1.27 bits per heavy atom. The van der Waals surface area contributed by atoms with Crippen LogP contribution < -0.4 is 35.4 Å². The van der Waals surface area contributed by atoms with E-state index in [2.05, 4.69) is 96.6 Å². The van der Waals surface area contributed by atoms with Crippen LogP contribution in [-0.2, 0) is 13.1 Å². The summed E-state index contributed by atoms with van der Waals surface area (Å²) in [5, 5.41) is 4.81. The number of nitrogens with two attached hydrogens (primary N) is 2. The number of hydrogen-bond donors (Lipinski definition) is 2. The summed E-state index contributed by atoms with van der Waals surface area (Å²) < 4.78 is 0. The molecule has 0 spiro atoms. The van der Waals surface area contributed by atoms with E-state index in [4.69, 9.17) is 0 Å². The van der Waals surface area contributed by atoms with Gasteiger partial charge in [0.1, 0.15) is 25.2 Å². The van der Waals surface area contributed by atoms with Gasteiger partial charge in [0.05, 0.1) is 0 Å². The summed E-state index contributed by atoms with van der Waals surface area (Å²) in [6.07, 6.45) is 9.76. The summed E-state index contributed by atoms with van der Waals surface area (Å²) in [4.78, 5) is 0. The smallest absolute Gasteiger partial charge is 0.107 e. The molecule has 2 fully saturated rings. The van der Waals surface area contributed by atoms with Crippen LogP contribution in [0.25, 0.3) is 0 Å². The summed E-state index contributed by atoms with van der Waals surface area (Å²) >= 11 is 0. The predicted molar refractivity (Wildman–Crippen MR) is 118 cm³/mol. The lowest BCUT2D eigenvalue weighted by Crippen LogP contribution is -3.00. The molecule has 2 atom stereocenters. The lowest BCUT2D eigenvalue weighted by atomic mass is 10.1. The van der Waals surface area contributed by atoms with Gasteiger partial charge in [0.2, 0.25) is 0 Å². The van der Waals surface area contributed by atoms with Gasteiger partial charge < -0.3 is 35.4 Å². The van der Waals surface area contributed by atoms with Crippen molar-refractivity contribution < 1.29 is 35.4 Å². The van der Waals surface area contributed by atoms with Gasteiger partial charge in [-0.15, -0.1) is 0 Å². The molecule has 0 saturated heterocycles. The standard InChI is InChI=1S/2C13H17N.2ClH/c2*1-2-13(12-8-9-12)14-10-11-6-4-3-5-7-11;;/h2*2-7,12-14H,1,8-10H2;2*1H/t2*13-;;/m00../s1. The first-order valence-electron chi connectivity index (χ1n) is 10.8. The molecule has 164 valence electrons. The number of benzene rings is 2. The van der Waals surface area contributed by atoms with Crippen LogP contribution in [0.3, 0.4) is 0 Å². The Labute approximate surface area is 195 Å². The molecule has 2 nitrogen and oxygen atoms in total. The third kappa shape index (κ3) is 9.49. The zero-order valence-electron chi connectivity index (χ0n) is 17.8. The molecule has 2 aromatic rings. The quantitative estimate of drug-likeness (QED) is 0.376.